The smallest absolute Gasteiger partial charge is 0.00666 e. The molecule has 1 atom stereocenters. The molecule has 0 aliphatic rings. The molecule has 0 radical (unpaired) electrons. The van der Waals surface area contributed by atoms with Gasteiger partial charge in [-0.1, -0.05) is 91.4 Å². The van der Waals surface area contributed by atoms with Gasteiger partial charge in [0.2, 0.25) is 0 Å². The fraction of sp³-hybridized carbons (Fsp3) is 1.00. The van der Waals surface area contributed by atoms with E-state index >= 15 is 0 Å². The lowest BCUT2D eigenvalue weighted by Crippen LogP contribution is -2.27. The Morgan fingerprint density at radius 1 is 0.700 bits per heavy atom. The van der Waals surface area contributed by atoms with Crippen LogP contribution in [0.4, 0.5) is 0 Å². The highest BCUT2D eigenvalue weighted by molar-refractivity contribution is 4.69. The molecule has 20 heavy (non-hydrogen) atoms. The highest BCUT2D eigenvalue weighted by Gasteiger charge is 2.11. The lowest BCUT2D eigenvalue weighted by molar-refractivity contribution is 0.357. The third kappa shape index (κ3) is 11.8. The second-order valence-corrected chi connectivity index (χ2v) is 6.52. The first-order valence-corrected chi connectivity index (χ1v) is 9.45. The minimum atomic E-state index is 0.754. The molecule has 0 rings (SSSR count). The zero-order chi connectivity index (χ0) is 15.1. The van der Waals surface area contributed by atoms with Crippen molar-refractivity contribution < 1.29 is 0 Å². The summed E-state index contributed by atoms with van der Waals surface area (Å²) in [6, 6.07) is 0.754. The summed E-state index contributed by atoms with van der Waals surface area (Å²) in [7, 11) is 2.14. The van der Waals surface area contributed by atoms with E-state index in [2.05, 4.69) is 33.1 Å². The van der Waals surface area contributed by atoms with Crippen LogP contribution in [-0.4, -0.2) is 13.1 Å². The minimum absolute atomic E-state index is 0.754. The van der Waals surface area contributed by atoms with Crippen molar-refractivity contribution in [3.05, 3.63) is 0 Å². The number of unbranched alkanes of at least 4 members (excludes halogenated alkanes) is 8. The van der Waals surface area contributed by atoms with Crippen molar-refractivity contribution in [2.45, 2.75) is 110 Å². The SMILES string of the molecule is CCCCCCCCCCCC(CC(CC)CC)NC. The van der Waals surface area contributed by atoms with Crippen LogP contribution in [0.3, 0.4) is 0 Å². The first kappa shape index (κ1) is 20.0. The summed E-state index contributed by atoms with van der Waals surface area (Å²) in [6.45, 7) is 6.96. The van der Waals surface area contributed by atoms with E-state index in [4.69, 9.17) is 0 Å². The van der Waals surface area contributed by atoms with Gasteiger partial charge in [-0.15, -0.1) is 0 Å². The molecule has 0 amide bonds. The molecule has 0 aromatic heterocycles. The molecule has 1 unspecified atom stereocenters. The van der Waals surface area contributed by atoms with Crippen LogP contribution in [-0.2, 0) is 0 Å². The van der Waals surface area contributed by atoms with E-state index in [1.807, 2.05) is 0 Å². The van der Waals surface area contributed by atoms with Crippen LogP contribution in [0.25, 0.3) is 0 Å². The minimum Gasteiger partial charge on any atom is -0.317 e. The molecule has 0 aromatic carbocycles. The fourth-order valence-corrected chi connectivity index (χ4v) is 3.11. The van der Waals surface area contributed by atoms with Gasteiger partial charge < -0.3 is 5.32 Å². The Kier molecular flexibility index (Phi) is 15.3. The topological polar surface area (TPSA) is 12.0 Å². The zero-order valence-corrected chi connectivity index (χ0v) is 14.8. The van der Waals surface area contributed by atoms with Gasteiger partial charge >= 0.3 is 0 Å². The first-order valence-electron chi connectivity index (χ1n) is 9.45. The fourth-order valence-electron chi connectivity index (χ4n) is 3.11. The summed E-state index contributed by atoms with van der Waals surface area (Å²) < 4.78 is 0. The monoisotopic (exact) mass is 283 g/mol. The van der Waals surface area contributed by atoms with E-state index in [9.17, 15) is 0 Å². The highest BCUT2D eigenvalue weighted by atomic mass is 14.9. The predicted octanol–water partition coefficient (Wildman–Crippen LogP) is 6.32. The van der Waals surface area contributed by atoms with Gasteiger partial charge in [-0.2, -0.15) is 0 Å². The van der Waals surface area contributed by atoms with Crippen LogP contribution in [0.5, 0.6) is 0 Å². The molecule has 0 spiro atoms. The molecular weight excluding hydrogens is 242 g/mol. The van der Waals surface area contributed by atoms with Gasteiger partial charge in [-0.05, 0) is 25.8 Å². The maximum atomic E-state index is 3.53. The van der Waals surface area contributed by atoms with E-state index in [0.717, 1.165) is 12.0 Å². The van der Waals surface area contributed by atoms with E-state index in [-0.39, 0.29) is 0 Å². The molecule has 0 saturated carbocycles. The summed E-state index contributed by atoms with van der Waals surface area (Å²) in [6.07, 6.45) is 18.4. The van der Waals surface area contributed by atoms with Crippen molar-refractivity contribution in [3.63, 3.8) is 0 Å². The first-order chi connectivity index (χ1) is 9.78. The van der Waals surface area contributed by atoms with Crippen molar-refractivity contribution >= 4 is 0 Å². The molecule has 0 aliphatic carbocycles. The summed E-state index contributed by atoms with van der Waals surface area (Å²) in [5.74, 6) is 0.922. The molecule has 0 saturated heterocycles. The highest BCUT2D eigenvalue weighted by Crippen LogP contribution is 2.18. The molecule has 0 aromatic rings. The average Bonchev–Trinajstić information content (AvgIpc) is 2.48. The summed E-state index contributed by atoms with van der Waals surface area (Å²) in [5, 5.41) is 3.53. The number of hydrogen-bond acceptors (Lipinski definition) is 1. The Balaban J connectivity index is 3.42. The van der Waals surface area contributed by atoms with Crippen molar-refractivity contribution in [1.82, 2.24) is 5.32 Å². The lowest BCUT2D eigenvalue weighted by atomic mass is 9.92. The molecule has 1 nitrogen and oxygen atoms in total. The molecule has 0 heterocycles. The lowest BCUT2D eigenvalue weighted by Gasteiger charge is -2.21. The van der Waals surface area contributed by atoms with Gasteiger partial charge in [0.25, 0.3) is 0 Å². The normalized spacial score (nSPS) is 13.1. The quantitative estimate of drug-likeness (QED) is 0.347. The van der Waals surface area contributed by atoms with Gasteiger partial charge in [-0.25, -0.2) is 0 Å². The Bertz CT molecular complexity index is 175. The second kappa shape index (κ2) is 15.4. The Morgan fingerprint density at radius 3 is 1.65 bits per heavy atom. The summed E-state index contributed by atoms with van der Waals surface area (Å²) >= 11 is 0. The van der Waals surface area contributed by atoms with Crippen molar-refractivity contribution in [2.24, 2.45) is 5.92 Å². The van der Waals surface area contributed by atoms with Gasteiger partial charge in [0.15, 0.2) is 0 Å². The second-order valence-electron chi connectivity index (χ2n) is 6.52. The predicted molar refractivity (Wildman–Crippen MR) is 93.4 cm³/mol. The van der Waals surface area contributed by atoms with E-state index in [0.29, 0.717) is 0 Å². The summed E-state index contributed by atoms with van der Waals surface area (Å²) in [5.41, 5.74) is 0. The Labute approximate surface area is 129 Å². The van der Waals surface area contributed by atoms with Gasteiger partial charge in [0, 0.05) is 6.04 Å². The summed E-state index contributed by atoms with van der Waals surface area (Å²) in [4.78, 5) is 0. The standard InChI is InChI=1S/C19H41N/c1-5-8-9-10-11-12-13-14-15-16-19(20-4)17-18(6-2)7-3/h18-20H,5-17H2,1-4H3. The van der Waals surface area contributed by atoms with Crippen LogP contribution in [0.15, 0.2) is 0 Å². The largest absolute Gasteiger partial charge is 0.317 e. The zero-order valence-electron chi connectivity index (χ0n) is 14.8. The van der Waals surface area contributed by atoms with Crippen molar-refractivity contribution in [3.8, 4) is 0 Å². The van der Waals surface area contributed by atoms with Crippen LogP contribution >= 0.6 is 0 Å². The van der Waals surface area contributed by atoms with Crippen LogP contribution in [0.2, 0.25) is 0 Å². The van der Waals surface area contributed by atoms with Crippen molar-refractivity contribution in [2.75, 3.05) is 7.05 Å². The van der Waals surface area contributed by atoms with Crippen LogP contribution < -0.4 is 5.32 Å². The van der Waals surface area contributed by atoms with E-state index in [1.165, 1.54) is 83.5 Å². The third-order valence-electron chi connectivity index (χ3n) is 4.84. The molecule has 0 bridgehead atoms. The Morgan fingerprint density at radius 2 is 1.20 bits per heavy atom. The third-order valence-corrected chi connectivity index (χ3v) is 4.84. The van der Waals surface area contributed by atoms with Gasteiger partial charge in [-0.3, -0.25) is 0 Å². The van der Waals surface area contributed by atoms with Gasteiger partial charge in [0.05, 0.1) is 0 Å². The maximum Gasteiger partial charge on any atom is 0.00666 e. The number of rotatable bonds is 15. The molecule has 122 valence electrons. The molecule has 1 heteroatoms. The molecule has 1 N–H and O–H groups in total. The van der Waals surface area contributed by atoms with Crippen LogP contribution in [0.1, 0.15) is 104 Å². The van der Waals surface area contributed by atoms with E-state index < -0.39 is 0 Å². The molecular formula is C19H41N. The van der Waals surface area contributed by atoms with Crippen LogP contribution in [0, 0.1) is 5.92 Å². The van der Waals surface area contributed by atoms with Gasteiger partial charge in [0.1, 0.15) is 0 Å². The number of hydrogen-bond donors (Lipinski definition) is 1. The van der Waals surface area contributed by atoms with E-state index in [1.54, 1.807) is 0 Å². The Hall–Kier alpha value is -0.0400. The average molecular weight is 284 g/mol. The molecule has 0 aliphatic heterocycles. The number of nitrogens with one attached hydrogen (secondary N) is 1. The molecule has 0 fully saturated rings. The maximum absolute atomic E-state index is 3.53. The van der Waals surface area contributed by atoms with Crippen molar-refractivity contribution in [1.29, 1.82) is 0 Å².